The van der Waals surface area contributed by atoms with Gasteiger partial charge in [-0.25, -0.2) is 9.59 Å². The Morgan fingerprint density at radius 3 is 1.00 bits per heavy atom. The summed E-state index contributed by atoms with van der Waals surface area (Å²) in [5.41, 5.74) is 0.224. The Bertz CT molecular complexity index is 1010. The summed E-state index contributed by atoms with van der Waals surface area (Å²) in [6.45, 7) is 0. The van der Waals surface area contributed by atoms with Crippen molar-refractivity contribution in [2.75, 3.05) is 0 Å². The molecule has 0 fully saturated rings. The number of ether oxygens (including phenoxy) is 2. The average Bonchev–Trinajstić information content (AvgIpc) is 2.74. The van der Waals surface area contributed by atoms with Gasteiger partial charge in [0.1, 0.15) is 11.5 Å². The van der Waals surface area contributed by atoms with E-state index in [0.29, 0.717) is 0 Å². The maximum absolute atomic E-state index is 12.2. The Labute approximate surface area is 169 Å². The molecule has 0 saturated heterocycles. The Balaban J connectivity index is 1.63. The van der Waals surface area contributed by atoms with Crippen LogP contribution >= 0.6 is 0 Å². The van der Waals surface area contributed by atoms with Crippen molar-refractivity contribution in [3.63, 3.8) is 0 Å². The molecule has 3 aromatic carbocycles. The van der Waals surface area contributed by atoms with Crippen LogP contribution in [0, 0.1) is 0 Å². The second-order valence-corrected chi connectivity index (χ2v) is 5.98. The first-order valence-electron chi connectivity index (χ1n) is 8.51. The molecule has 0 bridgehead atoms. The lowest BCUT2D eigenvalue weighted by molar-refractivity contribution is -0.256. The molecular weight excluding hydrogens is 392 g/mol. The van der Waals surface area contributed by atoms with Gasteiger partial charge in [-0.05, 0) is 83.9 Å². The van der Waals surface area contributed by atoms with E-state index in [1.807, 2.05) is 0 Å². The maximum atomic E-state index is 12.2. The second kappa shape index (κ2) is 8.70. The molecule has 0 radical (unpaired) electrons. The number of benzene rings is 3. The summed E-state index contributed by atoms with van der Waals surface area (Å²) in [5.74, 6) is -3.79. The van der Waals surface area contributed by atoms with Gasteiger partial charge in [0.2, 0.25) is 0 Å². The predicted molar refractivity (Wildman–Crippen MR) is 97.9 cm³/mol. The van der Waals surface area contributed by atoms with Gasteiger partial charge < -0.3 is 29.3 Å². The van der Waals surface area contributed by atoms with Crippen molar-refractivity contribution in [2.45, 2.75) is 0 Å². The number of carboxylic acid groups (broad SMARTS) is 2. The summed E-state index contributed by atoms with van der Waals surface area (Å²) in [4.78, 5) is 45.8. The van der Waals surface area contributed by atoms with E-state index < -0.39 is 23.9 Å². The van der Waals surface area contributed by atoms with Gasteiger partial charge in [-0.15, -0.1) is 0 Å². The number of esters is 2. The van der Waals surface area contributed by atoms with Crippen LogP contribution < -0.4 is 19.7 Å². The minimum atomic E-state index is -1.34. The molecule has 0 aliphatic rings. The highest BCUT2D eigenvalue weighted by Crippen LogP contribution is 2.17. The summed E-state index contributed by atoms with van der Waals surface area (Å²) in [6.07, 6.45) is 0. The molecule has 150 valence electrons. The molecule has 0 heterocycles. The van der Waals surface area contributed by atoms with Gasteiger partial charge >= 0.3 is 11.9 Å². The zero-order chi connectivity index (χ0) is 21.7. The fourth-order valence-electron chi connectivity index (χ4n) is 2.39. The number of hydrogen-bond donors (Lipinski definition) is 0. The Morgan fingerprint density at radius 2 is 0.733 bits per heavy atom. The normalized spacial score (nSPS) is 10.1. The standard InChI is InChI=1S/C22H14O8/c23-19(24)13-5-9-17(10-6-13)29-21(27)15-1-2-16(4-3-15)22(28)30-18-11-7-14(8-12-18)20(25)26/h1-12H,(H,23,24)(H,25,26)/p-2. The van der Waals surface area contributed by atoms with Crippen molar-refractivity contribution in [2.24, 2.45) is 0 Å². The Morgan fingerprint density at radius 1 is 0.467 bits per heavy atom. The van der Waals surface area contributed by atoms with Crippen LogP contribution in [0.15, 0.2) is 72.8 Å². The van der Waals surface area contributed by atoms with Crippen LogP contribution in [0.2, 0.25) is 0 Å². The maximum Gasteiger partial charge on any atom is 0.343 e. The minimum Gasteiger partial charge on any atom is -0.545 e. The fraction of sp³-hybridized carbons (Fsp3) is 0. The van der Waals surface area contributed by atoms with Gasteiger partial charge in [0, 0.05) is 0 Å². The zero-order valence-electron chi connectivity index (χ0n) is 15.2. The summed E-state index contributed by atoms with van der Waals surface area (Å²) < 4.78 is 10.3. The lowest BCUT2D eigenvalue weighted by atomic mass is 10.1. The summed E-state index contributed by atoms with van der Waals surface area (Å²) in [6, 6.07) is 15.7. The highest BCUT2D eigenvalue weighted by atomic mass is 16.5. The molecule has 0 atom stereocenters. The van der Waals surface area contributed by atoms with Crippen molar-refractivity contribution in [1.82, 2.24) is 0 Å². The van der Waals surface area contributed by atoms with E-state index in [4.69, 9.17) is 9.47 Å². The van der Waals surface area contributed by atoms with E-state index in [9.17, 15) is 29.4 Å². The van der Waals surface area contributed by atoms with Crippen molar-refractivity contribution >= 4 is 23.9 Å². The largest absolute Gasteiger partial charge is 0.545 e. The highest BCUT2D eigenvalue weighted by Gasteiger charge is 2.13. The highest BCUT2D eigenvalue weighted by molar-refractivity contribution is 5.95. The topological polar surface area (TPSA) is 133 Å². The SMILES string of the molecule is O=C([O-])c1ccc(OC(=O)c2ccc(C(=O)Oc3ccc(C(=O)[O-])cc3)cc2)cc1. The molecule has 3 aromatic rings. The van der Waals surface area contributed by atoms with Gasteiger partial charge in [0.25, 0.3) is 0 Å². The summed E-state index contributed by atoms with van der Waals surface area (Å²) in [7, 11) is 0. The number of carbonyl (C=O) groups is 4. The number of carbonyl (C=O) groups excluding carboxylic acids is 4. The third-order valence-electron chi connectivity index (χ3n) is 3.96. The Kier molecular flexibility index (Phi) is 5.88. The van der Waals surface area contributed by atoms with Crippen LogP contribution in [-0.2, 0) is 0 Å². The quantitative estimate of drug-likeness (QED) is 0.436. The van der Waals surface area contributed by atoms with Gasteiger partial charge in [0.05, 0.1) is 23.1 Å². The van der Waals surface area contributed by atoms with Crippen molar-refractivity contribution in [1.29, 1.82) is 0 Å². The van der Waals surface area contributed by atoms with Gasteiger partial charge in [-0.3, -0.25) is 0 Å². The third-order valence-corrected chi connectivity index (χ3v) is 3.96. The van der Waals surface area contributed by atoms with E-state index in [0.717, 1.165) is 0 Å². The van der Waals surface area contributed by atoms with Crippen molar-refractivity contribution < 1.29 is 38.9 Å². The molecule has 0 aliphatic heterocycles. The molecule has 0 spiro atoms. The van der Waals surface area contributed by atoms with Crippen LogP contribution in [0.1, 0.15) is 41.4 Å². The van der Waals surface area contributed by atoms with Crippen molar-refractivity contribution in [3.8, 4) is 11.5 Å². The smallest absolute Gasteiger partial charge is 0.343 e. The van der Waals surface area contributed by atoms with E-state index in [2.05, 4.69) is 0 Å². The molecular formula is C22H12O8-2. The summed E-state index contributed by atoms with van der Waals surface area (Å²) in [5, 5.41) is 21.4. The molecule has 0 N–H and O–H groups in total. The van der Waals surface area contributed by atoms with Gasteiger partial charge in [-0.2, -0.15) is 0 Å². The third kappa shape index (κ3) is 4.87. The molecule has 30 heavy (non-hydrogen) atoms. The number of hydrogen-bond acceptors (Lipinski definition) is 8. The Hall–Kier alpha value is -4.46. The fourth-order valence-corrected chi connectivity index (χ4v) is 2.39. The molecule has 8 heteroatoms. The molecule has 0 aromatic heterocycles. The van der Waals surface area contributed by atoms with Gasteiger partial charge in [-0.1, -0.05) is 0 Å². The second-order valence-electron chi connectivity index (χ2n) is 5.98. The zero-order valence-corrected chi connectivity index (χ0v) is 15.2. The molecule has 0 aliphatic carbocycles. The number of aromatic carboxylic acids is 2. The summed E-state index contributed by atoms with van der Waals surface area (Å²) >= 11 is 0. The monoisotopic (exact) mass is 404 g/mol. The minimum absolute atomic E-state index is 0.0491. The van der Waals surface area contributed by atoms with Crippen LogP contribution in [-0.4, -0.2) is 23.9 Å². The lowest BCUT2D eigenvalue weighted by Gasteiger charge is -2.08. The van der Waals surface area contributed by atoms with Crippen molar-refractivity contribution in [3.05, 3.63) is 95.1 Å². The van der Waals surface area contributed by atoms with E-state index in [1.54, 1.807) is 0 Å². The first-order chi connectivity index (χ1) is 14.3. The molecule has 0 unspecified atom stereocenters. The van der Waals surface area contributed by atoms with E-state index >= 15 is 0 Å². The van der Waals surface area contributed by atoms with Crippen LogP contribution in [0.3, 0.4) is 0 Å². The van der Waals surface area contributed by atoms with Crippen LogP contribution in [0.4, 0.5) is 0 Å². The number of carboxylic acids is 2. The first-order valence-corrected chi connectivity index (χ1v) is 8.51. The van der Waals surface area contributed by atoms with Crippen LogP contribution in [0.5, 0.6) is 11.5 Å². The first kappa shape index (κ1) is 20.3. The predicted octanol–water partition coefficient (Wildman–Crippen LogP) is 0.852. The van der Waals surface area contributed by atoms with E-state index in [1.165, 1.54) is 72.8 Å². The lowest BCUT2D eigenvalue weighted by Crippen LogP contribution is -2.22. The molecule has 8 nitrogen and oxygen atoms in total. The van der Waals surface area contributed by atoms with Gasteiger partial charge in [0.15, 0.2) is 0 Å². The molecule has 3 rings (SSSR count). The molecule has 0 saturated carbocycles. The van der Waals surface area contributed by atoms with E-state index in [-0.39, 0.29) is 33.8 Å². The number of rotatable bonds is 6. The average molecular weight is 404 g/mol. The molecule has 0 amide bonds. The van der Waals surface area contributed by atoms with Crippen LogP contribution in [0.25, 0.3) is 0 Å².